The molecule has 0 saturated carbocycles. The number of hydrogen-bond acceptors (Lipinski definition) is 4. The molecular weight excluding hydrogens is 268 g/mol. The number of nitrogens with one attached hydrogen (secondary N) is 1. The lowest BCUT2D eigenvalue weighted by atomic mass is 9.99. The Morgan fingerprint density at radius 1 is 1.40 bits per heavy atom. The second kappa shape index (κ2) is 6.50. The first-order chi connectivity index (χ1) is 9.83. The Bertz CT molecular complexity index is 509. The average molecular weight is 290 g/mol. The maximum atomic E-state index is 3.98. The van der Waals surface area contributed by atoms with Crippen LogP contribution in [0, 0.1) is 0 Å². The van der Waals surface area contributed by atoms with Gasteiger partial charge < -0.3 is 5.32 Å². The monoisotopic (exact) mass is 290 g/mol. The van der Waals surface area contributed by atoms with Crippen LogP contribution in [0.1, 0.15) is 47.5 Å². The molecular formula is C15H22N4S. The van der Waals surface area contributed by atoms with Crippen LogP contribution in [-0.4, -0.2) is 21.5 Å². The number of thiophene rings is 1. The Balaban J connectivity index is 1.46. The Hall–Kier alpha value is -1.20. The third-order valence-electron chi connectivity index (χ3n) is 3.93. The summed E-state index contributed by atoms with van der Waals surface area (Å²) in [7, 11) is 0. The lowest BCUT2D eigenvalue weighted by molar-refractivity contribution is 0.502. The van der Waals surface area contributed by atoms with Gasteiger partial charge in [0.05, 0.1) is 6.20 Å². The van der Waals surface area contributed by atoms with Gasteiger partial charge in [-0.15, -0.1) is 16.4 Å². The lowest BCUT2D eigenvalue weighted by Gasteiger charge is -2.11. The van der Waals surface area contributed by atoms with E-state index in [2.05, 4.69) is 28.6 Å². The molecule has 1 aliphatic carbocycles. The minimum atomic E-state index is 0.460. The van der Waals surface area contributed by atoms with E-state index in [9.17, 15) is 0 Å². The Kier molecular flexibility index (Phi) is 4.47. The predicted molar refractivity (Wildman–Crippen MR) is 82.0 cm³/mol. The second-order valence-electron chi connectivity index (χ2n) is 5.50. The first-order valence-electron chi connectivity index (χ1n) is 7.52. The van der Waals surface area contributed by atoms with Crippen LogP contribution in [0.4, 0.5) is 0 Å². The standard InChI is InChI=1S/C15H22N4S/c1-12(16-7-4-9-19-10-8-17-18-19)15-11-13-5-2-3-6-14(13)20-15/h8,10-12,16H,2-7,9H2,1H3. The van der Waals surface area contributed by atoms with Gasteiger partial charge in [0, 0.05) is 28.5 Å². The molecule has 0 aromatic carbocycles. The van der Waals surface area contributed by atoms with Crippen molar-refractivity contribution >= 4 is 11.3 Å². The fourth-order valence-corrected chi connectivity index (χ4v) is 4.02. The first-order valence-corrected chi connectivity index (χ1v) is 8.33. The van der Waals surface area contributed by atoms with E-state index >= 15 is 0 Å². The van der Waals surface area contributed by atoms with Crippen LogP contribution >= 0.6 is 11.3 Å². The molecule has 2 heterocycles. The van der Waals surface area contributed by atoms with Gasteiger partial charge in [0.1, 0.15) is 0 Å². The first kappa shape index (κ1) is 13.8. The van der Waals surface area contributed by atoms with Crippen LogP contribution < -0.4 is 5.32 Å². The van der Waals surface area contributed by atoms with Crippen LogP contribution in [0.5, 0.6) is 0 Å². The predicted octanol–water partition coefficient (Wildman–Crippen LogP) is 2.96. The smallest absolute Gasteiger partial charge is 0.0692 e. The van der Waals surface area contributed by atoms with E-state index in [0.29, 0.717) is 6.04 Å². The second-order valence-corrected chi connectivity index (χ2v) is 6.67. The molecule has 1 unspecified atom stereocenters. The third kappa shape index (κ3) is 3.27. The molecule has 0 fully saturated rings. The fourth-order valence-electron chi connectivity index (χ4n) is 2.74. The molecule has 0 bridgehead atoms. The van der Waals surface area contributed by atoms with E-state index < -0.39 is 0 Å². The molecule has 1 N–H and O–H groups in total. The summed E-state index contributed by atoms with van der Waals surface area (Å²) in [4.78, 5) is 3.13. The Labute approximate surface area is 124 Å². The number of hydrogen-bond donors (Lipinski definition) is 1. The molecule has 0 saturated heterocycles. The summed E-state index contributed by atoms with van der Waals surface area (Å²) in [6.07, 6.45) is 10.0. The van der Waals surface area contributed by atoms with Crippen molar-refractivity contribution in [3.63, 3.8) is 0 Å². The quantitative estimate of drug-likeness (QED) is 0.832. The number of nitrogens with zero attached hydrogens (tertiary/aromatic N) is 3. The number of rotatable bonds is 6. The maximum absolute atomic E-state index is 3.98. The van der Waals surface area contributed by atoms with Crippen molar-refractivity contribution in [2.75, 3.05) is 6.54 Å². The molecule has 1 atom stereocenters. The molecule has 20 heavy (non-hydrogen) atoms. The molecule has 4 nitrogen and oxygen atoms in total. The zero-order chi connectivity index (χ0) is 13.8. The lowest BCUT2D eigenvalue weighted by Crippen LogP contribution is -2.20. The van der Waals surface area contributed by atoms with Crippen molar-refractivity contribution in [2.24, 2.45) is 0 Å². The number of aryl methyl sites for hydroxylation is 3. The van der Waals surface area contributed by atoms with E-state index in [4.69, 9.17) is 0 Å². The van der Waals surface area contributed by atoms with Crippen molar-refractivity contribution in [1.29, 1.82) is 0 Å². The summed E-state index contributed by atoms with van der Waals surface area (Å²) >= 11 is 2.01. The van der Waals surface area contributed by atoms with Gasteiger partial charge in [-0.3, -0.25) is 4.68 Å². The minimum Gasteiger partial charge on any atom is -0.309 e. The summed E-state index contributed by atoms with van der Waals surface area (Å²) in [5, 5.41) is 11.4. The van der Waals surface area contributed by atoms with Crippen molar-refractivity contribution in [3.8, 4) is 0 Å². The van der Waals surface area contributed by atoms with Gasteiger partial charge in [-0.2, -0.15) is 0 Å². The van der Waals surface area contributed by atoms with Gasteiger partial charge >= 0.3 is 0 Å². The maximum Gasteiger partial charge on any atom is 0.0692 e. The summed E-state index contributed by atoms with van der Waals surface area (Å²) in [5.41, 5.74) is 1.60. The molecule has 0 amide bonds. The van der Waals surface area contributed by atoms with E-state index in [0.717, 1.165) is 19.5 Å². The highest BCUT2D eigenvalue weighted by Crippen LogP contribution is 2.32. The van der Waals surface area contributed by atoms with Gasteiger partial charge in [0.2, 0.25) is 0 Å². The van der Waals surface area contributed by atoms with E-state index in [1.807, 2.05) is 22.2 Å². The van der Waals surface area contributed by atoms with Gasteiger partial charge in [-0.1, -0.05) is 5.21 Å². The molecule has 2 aromatic heterocycles. The summed E-state index contributed by atoms with van der Waals surface area (Å²) in [5.74, 6) is 0. The summed E-state index contributed by atoms with van der Waals surface area (Å²) < 4.78 is 1.89. The third-order valence-corrected chi connectivity index (χ3v) is 5.35. The molecule has 3 rings (SSSR count). The van der Waals surface area contributed by atoms with E-state index in [-0.39, 0.29) is 0 Å². The Morgan fingerprint density at radius 3 is 3.10 bits per heavy atom. The van der Waals surface area contributed by atoms with Crippen molar-refractivity contribution in [1.82, 2.24) is 20.3 Å². The normalized spacial score (nSPS) is 16.1. The van der Waals surface area contributed by atoms with Crippen LogP contribution in [0.25, 0.3) is 0 Å². The zero-order valence-corrected chi connectivity index (χ0v) is 12.8. The number of aromatic nitrogens is 3. The Morgan fingerprint density at radius 2 is 2.30 bits per heavy atom. The van der Waals surface area contributed by atoms with Crippen molar-refractivity contribution < 1.29 is 0 Å². The van der Waals surface area contributed by atoms with E-state index in [1.54, 1.807) is 16.6 Å². The highest BCUT2D eigenvalue weighted by atomic mass is 32.1. The molecule has 108 valence electrons. The van der Waals surface area contributed by atoms with Gasteiger partial charge in [-0.05, 0) is 57.2 Å². The topological polar surface area (TPSA) is 42.7 Å². The molecule has 0 spiro atoms. The highest BCUT2D eigenvalue weighted by molar-refractivity contribution is 7.12. The summed E-state index contributed by atoms with van der Waals surface area (Å²) in [6, 6.07) is 2.88. The zero-order valence-electron chi connectivity index (χ0n) is 12.0. The fraction of sp³-hybridized carbons (Fsp3) is 0.600. The van der Waals surface area contributed by atoms with E-state index in [1.165, 1.54) is 30.6 Å². The van der Waals surface area contributed by atoms with Crippen LogP contribution in [-0.2, 0) is 19.4 Å². The van der Waals surface area contributed by atoms with Crippen LogP contribution in [0.2, 0.25) is 0 Å². The molecule has 2 aromatic rings. The van der Waals surface area contributed by atoms with Crippen molar-refractivity contribution in [2.45, 2.75) is 51.6 Å². The molecule has 0 radical (unpaired) electrons. The highest BCUT2D eigenvalue weighted by Gasteiger charge is 2.16. The van der Waals surface area contributed by atoms with Gasteiger partial charge in [-0.25, -0.2) is 0 Å². The number of fused-ring (bicyclic) bond motifs is 1. The molecule has 0 aliphatic heterocycles. The largest absolute Gasteiger partial charge is 0.309 e. The van der Waals surface area contributed by atoms with Gasteiger partial charge in [0.25, 0.3) is 0 Å². The average Bonchev–Trinajstić information content (AvgIpc) is 3.12. The van der Waals surface area contributed by atoms with Crippen LogP contribution in [0.15, 0.2) is 18.5 Å². The minimum absolute atomic E-state index is 0.460. The van der Waals surface area contributed by atoms with Gasteiger partial charge in [0.15, 0.2) is 0 Å². The molecule has 5 heteroatoms. The van der Waals surface area contributed by atoms with Crippen molar-refractivity contribution in [3.05, 3.63) is 33.8 Å². The van der Waals surface area contributed by atoms with Crippen LogP contribution in [0.3, 0.4) is 0 Å². The molecule has 1 aliphatic rings. The SMILES string of the molecule is CC(NCCCn1ccnn1)c1cc2c(s1)CCCC2. The summed E-state index contributed by atoms with van der Waals surface area (Å²) in [6.45, 7) is 4.22.